The molecule has 206 valence electrons. The van der Waals surface area contributed by atoms with E-state index in [1.54, 1.807) is 12.0 Å². The number of nitrogens with one attached hydrogen (secondary N) is 1. The smallest absolute Gasteiger partial charge is 0.411 e. The van der Waals surface area contributed by atoms with E-state index in [1.165, 1.54) is 6.33 Å². The van der Waals surface area contributed by atoms with Crippen molar-refractivity contribution >= 4 is 25.4 Å². The standard InChI is InChI=1S/C26H42N4O6Si/c1-24(2,3)36-23(31)30-16(13-33-37(10,11)25(4,5)6)20-21(35-26(7,8)34-20)19(30)15-12-27-18-17(15)28-14-29-22(18)32-9/h12,14,16,19-21,27H,13H2,1-11H3/t16-,19+,20-,21+/m1/s1. The molecule has 2 aromatic rings. The summed E-state index contributed by atoms with van der Waals surface area (Å²) >= 11 is 0. The molecular formula is C26H42N4O6Si. The van der Waals surface area contributed by atoms with E-state index in [9.17, 15) is 4.79 Å². The molecule has 0 unspecified atom stereocenters. The number of nitrogens with zero attached hydrogens (tertiary/aromatic N) is 3. The number of methoxy groups -OCH3 is 1. The number of fused-ring (bicyclic) bond motifs is 2. The Morgan fingerprint density at radius 3 is 2.38 bits per heavy atom. The number of rotatable bonds is 5. The second-order valence-electron chi connectivity index (χ2n) is 12.9. The van der Waals surface area contributed by atoms with Crippen molar-refractivity contribution < 1.29 is 28.2 Å². The fourth-order valence-electron chi connectivity index (χ4n) is 4.77. The Balaban J connectivity index is 1.82. The monoisotopic (exact) mass is 534 g/mol. The SMILES string of the molecule is COc1ncnc2c([C@H]3[C@@H]4OC(C)(C)O[C@@H]4[C@@H](CO[Si](C)(C)C(C)(C)C)N3C(=O)OC(C)(C)C)c[nH]c12. The first-order chi connectivity index (χ1) is 17.0. The highest BCUT2D eigenvalue weighted by Crippen LogP contribution is 2.49. The molecule has 1 amide bonds. The molecule has 2 saturated heterocycles. The number of amides is 1. The molecule has 0 spiro atoms. The summed E-state index contributed by atoms with van der Waals surface area (Å²) in [5, 5.41) is 0.0117. The van der Waals surface area contributed by atoms with Crippen LogP contribution in [0.1, 0.15) is 67.0 Å². The van der Waals surface area contributed by atoms with Gasteiger partial charge >= 0.3 is 6.09 Å². The number of likely N-dealkylation sites (tertiary alicyclic amines) is 1. The van der Waals surface area contributed by atoms with Crippen molar-refractivity contribution in [3.05, 3.63) is 18.1 Å². The van der Waals surface area contributed by atoms with Crippen molar-refractivity contribution in [3.8, 4) is 5.88 Å². The van der Waals surface area contributed by atoms with Crippen LogP contribution in [0.4, 0.5) is 4.79 Å². The Hall–Kier alpha value is -2.21. The molecule has 4 atom stereocenters. The minimum Gasteiger partial charge on any atom is -0.479 e. The molecule has 2 aromatic heterocycles. The van der Waals surface area contributed by atoms with Gasteiger partial charge in [0.2, 0.25) is 5.88 Å². The van der Waals surface area contributed by atoms with Gasteiger partial charge in [-0.3, -0.25) is 4.90 Å². The van der Waals surface area contributed by atoms with Crippen LogP contribution in [0, 0.1) is 0 Å². The molecule has 0 bridgehead atoms. The van der Waals surface area contributed by atoms with E-state index in [4.69, 9.17) is 23.4 Å². The molecule has 0 aliphatic carbocycles. The van der Waals surface area contributed by atoms with Crippen molar-refractivity contribution in [3.63, 3.8) is 0 Å². The second kappa shape index (κ2) is 9.21. The highest BCUT2D eigenvalue weighted by atomic mass is 28.4. The van der Waals surface area contributed by atoms with Crippen molar-refractivity contribution in [2.45, 2.75) is 109 Å². The van der Waals surface area contributed by atoms with Crippen LogP contribution in [-0.4, -0.2) is 77.6 Å². The van der Waals surface area contributed by atoms with Crippen molar-refractivity contribution in [2.24, 2.45) is 0 Å². The van der Waals surface area contributed by atoms with E-state index in [-0.39, 0.29) is 5.04 Å². The van der Waals surface area contributed by atoms with Gasteiger partial charge in [-0.25, -0.2) is 9.78 Å². The second-order valence-corrected chi connectivity index (χ2v) is 17.7. The van der Waals surface area contributed by atoms with Gasteiger partial charge in [0.15, 0.2) is 14.1 Å². The Morgan fingerprint density at radius 1 is 1.14 bits per heavy atom. The molecule has 2 aliphatic heterocycles. The van der Waals surface area contributed by atoms with E-state index in [1.807, 2.05) is 40.8 Å². The number of carbonyl (C=O) groups excluding carboxylic acids is 1. The first-order valence-corrected chi connectivity index (χ1v) is 15.7. The number of hydrogen-bond donors (Lipinski definition) is 1. The highest BCUT2D eigenvalue weighted by molar-refractivity contribution is 6.74. The lowest BCUT2D eigenvalue weighted by atomic mass is 10.0. The van der Waals surface area contributed by atoms with Crippen LogP contribution >= 0.6 is 0 Å². The molecule has 2 aliphatic rings. The zero-order valence-corrected chi connectivity index (χ0v) is 25.0. The Labute approximate surface area is 220 Å². The van der Waals surface area contributed by atoms with E-state index in [0.717, 1.165) is 5.56 Å². The number of H-pyrrole nitrogens is 1. The fraction of sp³-hybridized carbons (Fsp3) is 0.731. The third-order valence-corrected chi connectivity index (χ3v) is 12.0. The average Bonchev–Trinajstić information content (AvgIpc) is 3.38. The van der Waals surface area contributed by atoms with Crippen molar-refractivity contribution in [2.75, 3.05) is 13.7 Å². The Morgan fingerprint density at radius 2 is 1.78 bits per heavy atom. The molecule has 0 radical (unpaired) electrons. The summed E-state index contributed by atoms with van der Waals surface area (Å²) in [7, 11) is -0.565. The van der Waals surface area contributed by atoms with Gasteiger partial charge in [0.25, 0.3) is 0 Å². The van der Waals surface area contributed by atoms with Gasteiger partial charge < -0.3 is 28.4 Å². The largest absolute Gasteiger partial charge is 0.479 e. The van der Waals surface area contributed by atoms with E-state index >= 15 is 0 Å². The van der Waals surface area contributed by atoms with Gasteiger partial charge in [-0.05, 0) is 52.8 Å². The number of aromatic amines is 1. The van der Waals surface area contributed by atoms with E-state index in [2.05, 4.69) is 48.8 Å². The van der Waals surface area contributed by atoms with Crippen molar-refractivity contribution in [1.29, 1.82) is 0 Å². The third-order valence-electron chi connectivity index (χ3n) is 7.51. The summed E-state index contributed by atoms with van der Waals surface area (Å²) < 4.78 is 30.9. The molecular weight excluding hydrogens is 492 g/mol. The first-order valence-electron chi connectivity index (χ1n) is 12.8. The summed E-state index contributed by atoms with van der Waals surface area (Å²) in [6.07, 6.45) is 1.99. The number of carbonyl (C=O) groups is 1. The van der Waals surface area contributed by atoms with Gasteiger partial charge in [0, 0.05) is 11.8 Å². The normalized spacial score (nSPS) is 26.0. The summed E-state index contributed by atoms with van der Waals surface area (Å²) in [5.41, 5.74) is 1.41. The van der Waals surface area contributed by atoms with Crippen LogP contribution in [0.3, 0.4) is 0 Å². The zero-order chi connectivity index (χ0) is 27.6. The maximum atomic E-state index is 13.8. The molecule has 0 saturated carbocycles. The van der Waals surface area contributed by atoms with Crippen LogP contribution in [0.5, 0.6) is 5.88 Å². The molecule has 0 aromatic carbocycles. The predicted molar refractivity (Wildman–Crippen MR) is 142 cm³/mol. The highest BCUT2D eigenvalue weighted by Gasteiger charge is 2.61. The summed E-state index contributed by atoms with van der Waals surface area (Å²) in [4.78, 5) is 27.5. The van der Waals surface area contributed by atoms with Crippen LogP contribution in [0.15, 0.2) is 12.5 Å². The minimum atomic E-state index is -2.13. The van der Waals surface area contributed by atoms with Crippen LogP contribution < -0.4 is 4.74 Å². The molecule has 37 heavy (non-hydrogen) atoms. The predicted octanol–water partition coefficient (Wildman–Crippen LogP) is 5.17. The maximum Gasteiger partial charge on any atom is 0.411 e. The summed E-state index contributed by atoms with van der Waals surface area (Å²) in [5.74, 6) is -0.391. The number of hydrogen-bond acceptors (Lipinski definition) is 8. The molecule has 4 heterocycles. The Bertz CT molecular complexity index is 1150. The minimum absolute atomic E-state index is 0.0117. The summed E-state index contributed by atoms with van der Waals surface area (Å²) in [6, 6.07) is -0.947. The average molecular weight is 535 g/mol. The molecule has 10 nitrogen and oxygen atoms in total. The lowest BCUT2D eigenvalue weighted by Gasteiger charge is -2.39. The van der Waals surface area contributed by atoms with E-state index in [0.29, 0.717) is 23.5 Å². The maximum absolute atomic E-state index is 13.8. The van der Waals surface area contributed by atoms with Crippen LogP contribution in [0.25, 0.3) is 11.0 Å². The van der Waals surface area contributed by atoms with Crippen LogP contribution in [0.2, 0.25) is 18.1 Å². The van der Waals surface area contributed by atoms with Gasteiger partial charge in [0.05, 0.1) is 25.8 Å². The van der Waals surface area contributed by atoms with E-state index < -0.39 is 50.1 Å². The first kappa shape index (κ1) is 27.8. The quantitative estimate of drug-likeness (QED) is 0.524. The number of aromatic nitrogens is 3. The molecule has 11 heteroatoms. The molecule has 4 rings (SSSR count). The fourth-order valence-corrected chi connectivity index (χ4v) is 5.79. The van der Waals surface area contributed by atoms with Gasteiger partial charge in [-0.2, -0.15) is 4.98 Å². The van der Waals surface area contributed by atoms with Crippen LogP contribution in [-0.2, 0) is 18.6 Å². The lowest BCUT2D eigenvalue weighted by molar-refractivity contribution is -0.168. The van der Waals surface area contributed by atoms with Crippen molar-refractivity contribution in [1.82, 2.24) is 19.9 Å². The zero-order valence-electron chi connectivity index (χ0n) is 24.0. The lowest BCUT2D eigenvalue weighted by Crippen LogP contribution is -2.50. The summed E-state index contributed by atoms with van der Waals surface area (Å²) in [6.45, 7) is 20.7. The topological polar surface area (TPSA) is 108 Å². The molecule has 1 N–H and O–H groups in total. The third kappa shape index (κ3) is 5.23. The van der Waals surface area contributed by atoms with Gasteiger partial charge in [0.1, 0.15) is 35.2 Å². The van der Waals surface area contributed by atoms with Gasteiger partial charge in [-0.15, -0.1) is 0 Å². The Kier molecular flexibility index (Phi) is 6.93. The molecule has 2 fully saturated rings. The number of ether oxygens (including phenoxy) is 4. The van der Waals surface area contributed by atoms with Gasteiger partial charge in [-0.1, -0.05) is 20.8 Å².